The summed E-state index contributed by atoms with van der Waals surface area (Å²) in [6.45, 7) is 2.62. The van der Waals surface area contributed by atoms with E-state index in [9.17, 15) is 18.5 Å². The van der Waals surface area contributed by atoms with Gasteiger partial charge in [-0.2, -0.15) is 0 Å². The molecule has 0 saturated heterocycles. The Labute approximate surface area is 151 Å². The predicted octanol–water partition coefficient (Wildman–Crippen LogP) is 4.79. The Balaban J connectivity index is 2.15. The summed E-state index contributed by atoms with van der Waals surface area (Å²) in [5.41, 5.74) is -0.117. The number of nitrogens with zero attached hydrogens (tertiary/aromatic N) is 1. The van der Waals surface area contributed by atoms with E-state index in [1.54, 1.807) is 0 Å². The Morgan fingerprint density at radius 1 is 0.880 bits per heavy atom. The van der Waals surface area contributed by atoms with Gasteiger partial charge in [0.25, 0.3) is 5.69 Å². The van der Waals surface area contributed by atoms with E-state index < -0.39 is 14.9 Å². The number of nitro groups is 1. The van der Waals surface area contributed by atoms with Crippen molar-refractivity contribution < 1.29 is 13.3 Å². The topological polar surface area (TPSA) is 89.3 Å². The third-order valence-electron chi connectivity index (χ3n) is 4.18. The number of non-ortho nitro benzene ring substituents is 1. The fourth-order valence-electron chi connectivity index (χ4n) is 2.65. The zero-order valence-electron chi connectivity index (χ0n) is 15.1. The molecule has 25 heavy (non-hydrogen) atoms. The Kier molecular flexibility index (Phi) is 10.3. The molecule has 0 bridgehead atoms. The van der Waals surface area contributed by atoms with Crippen molar-refractivity contribution in [3.05, 3.63) is 34.4 Å². The van der Waals surface area contributed by atoms with Crippen molar-refractivity contribution in [2.45, 2.75) is 76.0 Å². The van der Waals surface area contributed by atoms with Gasteiger partial charge in [-0.1, -0.05) is 64.7 Å². The molecular weight excluding hydrogens is 340 g/mol. The lowest BCUT2D eigenvalue weighted by atomic mass is 10.1. The summed E-state index contributed by atoms with van der Waals surface area (Å²) in [6.07, 6.45) is 12.0. The third-order valence-corrected chi connectivity index (χ3v) is 5.66. The second-order valence-corrected chi connectivity index (χ2v) is 8.10. The van der Waals surface area contributed by atoms with Crippen LogP contribution in [0.15, 0.2) is 29.2 Å². The van der Waals surface area contributed by atoms with Crippen LogP contribution >= 0.6 is 0 Å². The summed E-state index contributed by atoms with van der Waals surface area (Å²) in [4.78, 5) is 10.1. The van der Waals surface area contributed by atoms with Gasteiger partial charge < -0.3 is 0 Å². The molecule has 0 aliphatic heterocycles. The molecule has 0 aromatic heterocycles. The van der Waals surface area contributed by atoms with Crippen molar-refractivity contribution in [1.29, 1.82) is 0 Å². The molecule has 1 N–H and O–H groups in total. The highest BCUT2D eigenvalue weighted by atomic mass is 32.2. The van der Waals surface area contributed by atoms with Crippen LogP contribution in [-0.2, 0) is 10.0 Å². The SMILES string of the molecule is CCCCCCCCCCCCNS(=O)(=O)c1ccc([N+](=O)[O-])cc1. The second-order valence-electron chi connectivity index (χ2n) is 6.33. The van der Waals surface area contributed by atoms with Crippen LogP contribution in [0.2, 0.25) is 0 Å². The molecule has 0 aliphatic rings. The molecule has 0 amide bonds. The summed E-state index contributed by atoms with van der Waals surface area (Å²) < 4.78 is 26.7. The molecule has 7 heteroatoms. The zero-order chi connectivity index (χ0) is 18.5. The van der Waals surface area contributed by atoms with Crippen molar-refractivity contribution in [3.63, 3.8) is 0 Å². The van der Waals surface area contributed by atoms with Gasteiger partial charge in [0.2, 0.25) is 10.0 Å². The lowest BCUT2D eigenvalue weighted by Crippen LogP contribution is -2.24. The van der Waals surface area contributed by atoms with E-state index in [-0.39, 0.29) is 10.6 Å². The van der Waals surface area contributed by atoms with Gasteiger partial charge in [-0.3, -0.25) is 10.1 Å². The molecule has 0 radical (unpaired) electrons. The van der Waals surface area contributed by atoms with Crippen molar-refractivity contribution in [3.8, 4) is 0 Å². The van der Waals surface area contributed by atoms with Crippen LogP contribution in [0.3, 0.4) is 0 Å². The summed E-state index contributed by atoms with van der Waals surface area (Å²) in [7, 11) is -3.59. The van der Waals surface area contributed by atoms with Gasteiger partial charge in [0.15, 0.2) is 0 Å². The highest BCUT2D eigenvalue weighted by Crippen LogP contribution is 2.16. The minimum atomic E-state index is -3.59. The average molecular weight is 371 g/mol. The van der Waals surface area contributed by atoms with Crippen LogP contribution < -0.4 is 4.72 Å². The van der Waals surface area contributed by atoms with E-state index in [1.165, 1.54) is 69.2 Å². The fraction of sp³-hybridized carbons (Fsp3) is 0.667. The number of nitrogens with one attached hydrogen (secondary N) is 1. The first-order chi connectivity index (χ1) is 12.0. The molecule has 0 saturated carbocycles. The van der Waals surface area contributed by atoms with Crippen LogP contribution in [0.4, 0.5) is 5.69 Å². The molecule has 0 unspecified atom stereocenters. The molecular formula is C18H30N2O4S. The maximum absolute atomic E-state index is 12.1. The molecule has 1 aromatic carbocycles. The Morgan fingerprint density at radius 3 is 1.84 bits per heavy atom. The van der Waals surface area contributed by atoms with Crippen LogP contribution in [0, 0.1) is 10.1 Å². The maximum Gasteiger partial charge on any atom is 0.269 e. The first-order valence-corrected chi connectivity index (χ1v) is 10.7. The van der Waals surface area contributed by atoms with E-state index in [1.807, 2.05) is 0 Å². The van der Waals surface area contributed by atoms with E-state index in [4.69, 9.17) is 0 Å². The summed E-state index contributed by atoms with van der Waals surface area (Å²) in [5.74, 6) is 0. The molecule has 1 aromatic rings. The Hall–Kier alpha value is -1.47. The van der Waals surface area contributed by atoms with E-state index in [0.717, 1.165) is 19.3 Å². The first kappa shape index (κ1) is 21.6. The van der Waals surface area contributed by atoms with Gasteiger partial charge >= 0.3 is 0 Å². The molecule has 6 nitrogen and oxygen atoms in total. The lowest BCUT2D eigenvalue weighted by molar-refractivity contribution is -0.384. The lowest BCUT2D eigenvalue weighted by Gasteiger charge is -2.07. The second kappa shape index (κ2) is 12.0. The number of nitro benzene ring substituents is 1. The van der Waals surface area contributed by atoms with Crippen LogP contribution in [0.1, 0.15) is 71.1 Å². The number of hydrogen-bond acceptors (Lipinski definition) is 4. The average Bonchev–Trinajstić information content (AvgIpc) is 2.59. The first-order valence-electron chi connectivity index (χ1n) is 9.21. The molecule has 0 spiro atoms. The quantitative estimate of drug-likeness (QED) is 0.289. The number of unbranched alkanes of at least 4 members (excludes halogenated alkanes) is 9. The van der Waals surface area contributed by atoms with Crippen LogP contribution in [-0.4, -0.2) is 19.9 Å². The van der Waals surface area contributed by atoms with Crippen LogP contribution in [0.5, 0.6) is 0 Å². The summed E-state index contributed by atoms with van der Waals surface area (Å²) in [5, 5.41) is 10.6. The standard InChI is InChI=1S/C18H30N2O4S/c1-2-3-4-5-6-7-8-9-10-11-16-19-25(23,24)18-14-12-17(13-15-18)20(21)22/h12-15,19H,2-11,16H2,1H3. The van der Waals surface area contributed by atoms with E-state index >= 15 is 0 Å². The number of hydrogen-bond donors (Lipinski definition) is 1. The molecule has 1 rings (SSSR count). The number of rotatable bonds is 14. The van der Waals surface area contributed by atoms with Gasteiger partial charge in [-0.05, 0) is 18.6 Å². The zero-order valence-corrected chi connectivity index (χ0v) is 15.9. The third kappa shape index (κ3) is 8.97. The molecule has 142 valence electrons. The van der Waals surface area contributed by atoms with Crippen molar-refractivity contribution in [2.75, 3.05) is 6.54 Å². The summed E-state index contributed by atoms with van der Waals surface area (Å²) >= 11 is 0. The van der Waals surface area contributed by atoms with Crippen molar-refractivity contribution in [1.82, 2.24) is 4.72 Å². The molecule has 0 fully saturated rings. The highest BCUT2D eigenvalue weighted by molar-refractivity contribution is 7.89. The van der Waals surface area contributed by atoms with Gasteiger partial charge in [0.1, 0.15) is 0 Å². The van der Waals surface area contributed by atoms with Crippen LogP contribution in [0.25, 0.3) is 0 Å². The minimum Gasteiger partial charge on any atom is -0.258 e. The normalized spacial score (nSPS) is 11.6. The number of sulfonamides is 1. The Morgan fingerprint density at radius 2 is 1.36 bits per heavy atom. The molecule has 0 atom stereocenters. The highest BCUT2D eigenvalue weighted by Gasteiger charge is 2.14. The molecule has 0 aliphatic carbocycles. The van der Waals surface area contributed by atoms with Crippen molar-refractivity contribution >= 4 is 15.7 Å². The fourth-order valence-corrected chi connectivity index (χ4v) is 3.72. The minimum absolute atomic E-state index is 0.0604. The smallest absolute Gasteiger partial charge is 0.258 e. The summed E-state index contributed by atoms with van der Waals surface area (Å²) in [6, 6.07) is 4.93. The van der Waals surface area contributed by atoms with Crippen molar-refractivity contribution in [2.24, 2.45) is 0 Å². The van der Waals surface area contributed by atoms with E-state index in [2.05, 4.69) is 11.6 Å². The molecule has 0 heterocycles. The van der Waals surface area contributed by atoms with E-state index in [0.29, 0.717) is 6.54 Å². The monoisotopic (exact) mass is 370 g/mol. The van der Waals surface area contributed by atoms with Gasteiger partial charge in [-0.25, -0.2) is 13.1 Å². The van der Waals surface area contributed by atoms with Gasteiger partial charge in [-0.15, -0.1) is 0 Å². The maximum atomic E-state index is 12.1. The largest absolute Gasteiger partial charge is 0.269 e. The Bertz CT molecular complexity index is 600. The van der Waals surface area contributed by atoms with Gasteiger partial charge in [0, 0.05) is 18.7 Å². The predicted molar refractivity (Wildman–Crippen MR) is 100 cm³/mol. The number of benzene rings is 1. The van der Waals surface area contributed by atoms with Gasteiger partial charge in [0.05, 0.1) is 9.82 Å².